The Labute approximate surface area is 159 Å². The van der Waals surface area contributed by atoms with Crippen LogP contribution in [0.1, 0.15) is 20.3 Å². The molecule has 138 valence electrons. The van der Waals surface area contributed by atoms with Crippen LogP contribution in [0.4, 0.5) is 23.1 Å². The number of amides is 1. The SMILES string of the molecule is CCCNc1cc(-c2ccccc2)nc(Nc2cccc(NC(C)=O)c2)n1. The van der Waals surface area contributed by atoms with Crippen LogP contribution in [-0.2, 0) is 4.79 Å². The highest BCUT2D eigenvalue weighted by Gasteiger charge is 2.08. The molecule has 3 N–H and O–H groups in total. The van der Waals surface area contributed by atoms with E-state index in [9.17, 15) is 4.79 Å². The van der Waals surface area contributed by atoms with Gasteiger partial charge in [0.05, 0.1) is 5.69 Å². The maximum Gasteiger partial charge on any atom is 0.229 e. The molecule has 3 aromatic rings. The van der Waals surface area contributed by atoms with Gasteiger partial charge in [-0.1, -0.05) is 43.3 Å². The molecule has 0 bridgehead atoms. The monoisotopic (exact) mass is 361 g/mol. The lowest BCUT2D eigenvalue weighted by molar-refractivity contribution is -0.114. The number of carbonyl (C=O) groups excluding carboxylic acids is 1. The van der Waals surface area contributed by atoms with Crippen LogP contribution in [0.25, 0.3) is 11.3 Å². The Morgan fingerprint density at radius 1 is 0.963 bits per heavy atom. The lowest BCUT2D eigenvalue weighted by atomic mass is 10.1. The summed E-state index contributed by atoms with van der Waals surface area (Å²) in [6.45, 7) is 4.43. The predicted molar refractivity (Wildman–Crippen MR) is 110 cm³/mol. The van der Waals surface area contributed by atoms with Gasteiger partial charge in [0.2, 0.25) is 11.9 Å². The van der Waals surface area contributed by atoms with Crippen molar-refractivity contribution in [1.82, 2.24) is 9.97 Å². The number of anilines is 4. The molecule has 0 fully saturated rings. The van der Waals surface area contributed by atoms with E-state index >= 15 is 0 Å². The molecule has 1 heterocycles. The van der Waals surface area contributed by atoms with E-state index in [-0.39, 0.29) is 5.91 Å². The number of rotatable bonds is 7. The minimum atomic E-state index is -0.111. The van der Waals surface area contributed by atoms with Crippen molar-refractivity contribution in [3.05, 3.63) is 60.7 Å². The quantitative estimate of drug-likeness (QED) is 0.570. The van der Waals surface area contributed by atoms with E-state index in [0.29, 0.717) is 5.95 Å². The third-order valence-corrected chi connectivity index (χ3v) is 3.79. The highest BCUT2D eigenvalue weighted by atomic mass is 16.1. The first-order valence-corrected chi connectivity index (χ1v) is 8.97. The molecule has 1 aromatic heterocycles. The number of hydrogen-bond donors (Lipinski definition) is 3. The maximum absolute atomic E-state index is 11.3. The summed E-state index contributed by atoms with van der Waals surface area (Å²) in [5, 5.41) is 9.33. The van der Waals surface area contributed by atoms with Crippen LogP contribution >= 0.6 is 0 Å². The summed E-state index contributed by atoms with van der Waals surface area (Å²) in [6.07, 6.45) is 1.01. The van der Waals surface area contributed by atoms with E-state index in [4.69, 9.17) is 0 Å². The van der Waals surface area contributed by atoms with Crippen LogP contribution < -0.4 is 16.0 Å². The zero-order chi connectivity index (χ0) is 19.1. The third kappa shape index (κ3) is 5.28. The molecule has 0 aliphatic rings. The minimum absolute atomic E-state index is 0.111. The van der Waals surface area contributed by atoms with Gasteiger partial charge < -0.3 is 16.0 Å². The fourth-order valence-electron chi connectivity index (χ4n) is 2.61. The number of carbonyl (C=O) groups is 1. The highest BCUT2D eigenvalue weighted by molar-refractivity contribution is 5.89. The van der Waals surface area contributed by atoms with Crippen molar-refractivity contribution in [2.45, 2.75) is 20.3 Å². The second-order valence-electron chi connectivity index (χ2n) is 6.14. The number of hydrogen-bond acceptors (Lipinski definition) is 5. The first-order chi connectivity index (χ1) is 13.1. The minimum Gasteiger partial charge on any atom is -0.370 e. The standard InChI is InChI=1S/C21H23N5O/c1-3-12-22-20-14-19(16-8-5-4-6-9-16)25-21(26-20)24-18-11-7-10-17(13-18)23-15(2)27/h4-11,13-14H,3,12H2,1-2H3,(H,23,27)(H2,22,24,25,26). The van der Waals surface area contributed by atoms with Gasteiger partial charge in [-0.15, -0.1) is 0 Å². The molecule has 0 unspecified atom stereocenters. The van der Waals surface area contributed by atoms with Gasteiger partial charge in [-0.25, -0.2) is 4.98 Å². The van der Waals surface area contributed by atoms with Crippen LogP contribution in [0, 0.1) is 0 Å². The zero-order valence-electron chi connectivity index (χ0n) is 15.5. The summed E-state index contributed by atoms with van der Waals surface area (Å²) < 4.78 is 0. The summed E-state index contributed by atoms with van der Waals surface area (Å²) in [5.41, 5.74) is 3.38. The summed E-state index contributed by atoms with van der Waals surface area (Å²) in [5.74, 6) is 1.15. The molecule has 6 nitrogen and oxygen atoms in total. The highest BCUT2D eigenvalue weighted by Crippen LogP contribution is 2.24. The number of nitrogens with zero attached hydrogens (tertiary/aromatic N) is 2. The third-order valence-electron chi connectivity index (χ3n) is 3.79. The molecule has 0 atom stereocenters. The fraction of sp³-hybridized carbons (Fsp3) is 0.190. The first-order valence-electron chi connectivity index (χ1n) is 8.97. The van der Waals surface area contributed by atoms with Gasteiger partial charge in [0, 0.05) is 36.5 Å². The van der Waals surface area contributed by atoms with Crippen molar-refractivity contribution in [1.29, 1.82) is 0 Å². The average Bonchev–Trinajstić information content (AvgIpc) is 2.67. The Morgan fingerprint density at radius 3 is 2.48 bits per heavy atom. The van der Waals surface area contributed by atoms with E-state index in [2.05, 4.69) is 32.8 Å². The normalized spacial score (nSPS) is 10.3. The number of aromatic nitrogens is 2. The molecule has 0 saturated carbocycles. The molecule has 0 aliphatic carbocycles. The maximum atomic E-state index is 11.3. The second-order valence-corrected chi connectivity index (χ2v) is 6.14. The van der Waals surface area contributed by atoms with Gasteiger partial charge >= 0.3 is 0 Å². The molecule has 0 spiro atoms. The fourth-order valence-corrected chi connectivity index (χ4v) is 2.61. The molecule has 1 amide bonds. The molecule has 0 radical (unpaired) electrons. The largest absolute Gasteiger partial charge is 0.370 e. The second kappa shape index (κ2) is 8.80. The van der Waals surface area contributed by atoms with Gasteiger partial charge in [-0.2, -0.15) is 4.98 Å². The van der Waals surface area contributed by atoms with E-state index in [1.807, 2.05) is 60.7 Å². The van der Waals surface area contributed by atoms with E-state index in [0.717, 1.165) is 41.4 Å². The van der Waals surface area contributed by atoms with Crippen molar-refractivity contribution in [2.24, 2.45) is 0 Å². The van der Waals surface area contributed by atoms with Crippen molar-refractivity contribution < 1.29 is 4.79 Å². The van der Waals surface area contributed by atoms with Gasteiger partial charge in [-0.05, 0) is 24.6 Å². The lowest BCUT2D eigenvalue weighted by Crippen LogP contribution is -2.07. The average molecular weight is 361 g/mol. The number of nitrogens with one attached hydrogen (secondary N) is 3. The van der Waals surface area contributed by atoms with Crippen molar-refractivity contribution >= 4 is 29.0 Å². The zero-order valence-corrected chi connectivity index (χ0v) is 15.5. The first kappa shape index (κ1) is 18.4. The summed E-state index contributed by atoms with van der Waals surface area (Å²) in [6, 6.07) is 19.4. The molecule has 0 aliphatic heterocycles. The van der Waals surface area contributed by atoms with Crippen LogP contribution in [0.15, 0.2) is 60.7 Å². The molecule has 3 rings (SSSR count). The molecular weight excluding hydrogens is 338 g/mol. The molecule has 2 aromatic carbocycles. The van der Waals surface area contributed by atoms with Crippen molar-refractivity contribution in [2.75, 3.05) is 22.5 Å². The van der Waals surface area contributed by atoms with Crippen LogP contribution in [0.5, 0.6) is 0 Å². The van der Waals surface area contributed by atoms with Gasteiger partial charge in [-0.3, -0.25) is 4.79 Å². The van der Waals surface area contributed by atoms with E-state index < -0.39 is 0 Å². The van der Waals surface area contributed by atoms with E-state index in [1.165, 1.54) is 6.92 Å². The lowest BCUT2D eigenvalue weighted by Gasteiger charge is -2.12. The number of benzene rings is 2. The molecule has 6 heteroatoms. The molecule has 0 saturated heterocycles. The Hall–Kier alpha value is -3.41. The Morgan fingerprint density at radius 2 is 1.74 bits per heavy atom. The Kier molecular flexibility index (Phi) is 5.99. The topological polar surface area (TPSA) is 78.9 Å². The smallest absolute Gasteiger partial charge is 0.229 e. The summed E-state index contributed by atoms with van der Waals surface area (Å²) >= 11 is 0. The Balaban J connectivity index is 1.91. The van der Waals surface area contributed by atoms with Crippen LogP contribution in [-0.4, -0.2) is 22.4 Å². The van der Waals surface area contributed by atoms with E-state index in [1.54, 1.807) is 0 Å². The van der Waals surface area contributed by atoms with Crippen LogP contribution in [0.2, 0.25) is 0 Å². The summed E-state index contributed by atoms with van der Waals surface area (Å²) in [4.78, 5) is 20.5. The van der Waals surface area contributed by atoms with Crippen molar-refractivity contribution in [3.8, 4) is 11.3 Å². The Bertz CT molecular complexity index is 911. The van der Waals surface area contributed by atoms with Gasteiger partial charge in [0.15, 0.2) is 0 Å². The van der Waals surface area contributed by atoms with Crippen molar-refractivity contribution in [3.63, 3.8) is 0 Å². The molecule has 27 heavy (non-hydrogen) atoms. The molecular formula is C21H23N5O. The van der Waals surface area contributed by atoms with Gasteiger partial charge in [0.25, 0.3) is 0 Å². The van der Waals surface area contributed by atoms with Crippen LogP contribution in [0.3, 0.4) is 0 Å². The predicted octanol–water partition coefficient (Wildman–Crippen LogP) is 4.67. The van der Waals surface area contributed by atoms with Gasteiger partial charge in [0.1, 0.15) is 5.82 Å². The summed E-state index contributed by atoms with van der Waals surface area (Å²) in [7, 11) is 0.